The Balaban J connectivity index is 2.57. The molecule has 0 amide bonds. The Morgan fingerprint density at radius 3 is 2.79 bits per heavy atom. The van der Waals surface area contributed by atoms with Crippen LogP contribution < -0.4 is 5.32 Å². The van der Waals surface area contributed by atoms with E-state index in [9.17, 15) is 14.9 Å². The van der Waals surface area contributed by atoms with Crippen molar-refractivity contribution >= 4 is 27.9 Å². The summed E-state index contributed by atoms with van der Waals surface area (Å²) in [6.07, 6.45) is 0. The summed E-state index contributed by atoms with van der Waals surface area (Å²) in [6, 6.07) is 6.10. The third-order valence-corrected chi connectivity index (χ3v) is 3.66. The molecule has 1 N–H and O–H groups in total. The molecule has 0 saturated carbocycles. The summed E-state index contributed by atoms with van der Waals surface area (Å²) < 4.78 is 0. The third-order valence-electron chi connectivity index (χ3n) is 2.49. The summed E-state index contributed by atoms with van der Waals surface area (Å²) in [6.45, 7) is 1.45. The molecule has 98 valence electrons. The zero-order valence-electron chi connectivity index (χ0n) is 10.3. The lowest BCUT2D eigenvalue weighted by atomic mass is 10.1. The monoisotopic (exact) mass is 277 g/mol. The molecule has 2 rings (SSSR count). The maximum Gasteiger partial charge on any atom is 0.270 e. The highest BCUT2D eigenvalue weighted by atomic mass is 32.1. The van der Waals surface area contributed by atoms with Crippen LogP contribution in [0.1, 0.15) is 16.6 Å². The maximum absolute atomic E-state index is 11.6. The van der Waals surface area contributed by atoms with E-state index in [4.69, 9.17) is 0 Å². The predicted octanol–water partition coefficient (Wildman–Crippen LogP) is 2.96. The van der Waals surface area contributed by atoms with Gasteiger partial charge in [-0.25, -0.2) is 4.98 Å². The first-order valence-corrected chi connectivity index (χ1v) is 6.29. The first kappa shape index (κ1) is 13.2. The standard InChI is InChI=1S/C12H11N3O3S/c1-7(16)11-10(14-12(13-2)19-11)8-4-3-5-9(6-8)15(17)18/h3-6H,1-2H3,(H,13,14). The summed E-state index contributed by atoms with van der Waals surface area (Å²) >= 11 is 1.24. The second-order valence-corrected chi connectivity index (χ2v) is 4.81. The van der Waals surface area contributed by atoms with Gasteiger partial charge in [-0.1, -0.05) is 23.5 Å². The molecular formula is C12H11N3O3S. The van der Waals surface area contributed by atoms with Crippen molar-refractivity contribution in [2.24, 2.45) is 0 Å². The number of ketones is 1. The number of carbonyl (C=O) groups is 1. The van der Waals surface area contributed by atoms with Crippen LogP contribution in [-0.4, -0.2) is 22.7 Å². The highest BCUT2D eigenvalue weighted by molar-refractivity contribution is 7.18. The number of hydrogen-bond acceptors (Lipinski definition) is 6. The molecule has 2 aromatic rings. The molecule has 0 saturated heterocycles. The number of hydrogen-bond donors (Lipinski definition) is 1. The Labute approximate surface area is 113 Å². The number of Topliss-reactive ketones (excluding diaryl/α,β-unsaturated/α-hetero) is 1. The van der Waals surface area contributed by atoms with Crippen molar-refractivity contribution in [2.75, 3.05) is 12.4 Å². The fourth-order valence-corrected chi connectivity index (χ4v) is 2.46. The van der Waals surface area contributed by atoms with Crippen LogP contribution in [-0.2, 0) is 0 Å². The molecule has 7 heteroatoms. The molecule has 0 aliphatic rings. The number of non-ortho nitro benzene ring substituents is 1. The average molecular weight is 277 g/mol. The van der Waals surface area contributed by atoms with Crippen molar-refractivity contribution in [1.29, 1.82) is 0 Å². The number of nitrogens with one attached hydrogen (secondary N) is 1. The van der Waals surface area contributed by atoms with Gasteiger partial charge in [0.15, 0.2) is 10.9 Å². The van der Waals surface area contributed by atoms with Crippen LogP contribution in [0.5, 0.6) is 0 Å². The summed E-state index contributed by atoms with van der Waals surface area (Å²) in [5.74, 6) is -0.111. The molecule has 1 aromatic carbocycles. The van der Waals surface area contributed by atoms with Crippen molar-refractivity contribution in [1.82, 2.24) is 4.98 Å². The fourth-order valence-electron chi connectivity index (χ4n) is 1.63. The number of anilines is 1. The molecule has 0 spiro atoms. The van der Waals surface area contributed by atoms with E-state index < -0.39 is 4.92 Å². The number of nitro benzene ring substituents is 1. The Hall–Kier alpha value is -2.28. The highest BCUT2D eigenvalue weighted by Gasteiger charge is 2.17. The molecule has 0 atom stereocenters. The number of nitrogens with zero attached hydrogens (tertiary/aromatic N) is 2. The van der Waals surface area contributed by atoms with Crippen LogP contribution in [0.15, 0.2) is 24.3 Å². The summed E-state index contributed by atoms with van der Waals surface area (Å²) in [5, 5.41) is 14.2. The number of nitro groups is 1. The first-order chi connectivity index (χ1) is 9.02. The molecule has 6 nitrogen and oxygen atoms in total. The molecule has 0 aliphatic carbocycles. The smallest absolute Gasteiger partial charge is 0.270 e. The van der Waals surface area contributed by atoms with E-state index in [2.05, 4.69) is 10.3 Å². The van der Waals surface area contributed by atoms with Crippen molar-refractivity contribution in [3.05, 3.63) is 39.3 Å². The van der Waals surface area contributed by atoms with E-state index in [-0.39, 0.29) is 11.5 Å². The number of benzene rings is 1. The van der Waals surface area contributed by atoms with Crippen molar-refractivity contribution < 1.29 is 9.72 Å². The maximum atomic E-state index is 11.6. The summed E-state index contributed by atoms with van der Waals surface area (Å²) in [5.41, 5.74) is 1.02. The second kappa shape index (κ2) is 5.15. The lowest BCUT2D eigenvalue weighted by Gasteiger charge is -1.99. The summed E-state index contributed by atoms with van der Waals surface area (Å²) in [7, 11) is 1.71. The zero-order chi connectivity index (χ0) is 14.0. The normalized spacial score (nSPS) is 10.2. The Kier molecular flexibility index (Phi) is 3.57. The minimum Gasteiger partial charge on any atom is -0.365 e. The minimum atomic E-state index is -0.470. The molecular weight excluding hydrogens is 266 g/mol. The summed E-state index contributed by atoms with van der Waals surface area (Å²) in [4.78, 5) is 26.7. The second-order valence-electron chi connectivity index (χ2n) is 3.81. The molecule has 1 aromatic heterocycles. The van der Waals surface area contributed by atoms with Crippen LogP contribution in [0.4, 0.5) is 10.8 Å². The van der Waals surface area contributed by atoms with Crippen LogP contribution in [0.25, 0.3) is 11.3 Å². The van der Waals surface area contributed by atoms with Gasteiger partial charge < -0.3 is 5.32 Å². The van der Waals surface area contributed by atoms with Gasteiger partial charge in [-0.3, -0.25) is 14.9 Å². The van der Waals surface area contributed by atoms with E-state index in [1.54, 1.807) is 19.2 Å². The highest BCUT2D eigenvalue weighted by Crippen LogP contribution is 2.32. The largest absolute Gasteiger partial charge is 0.365 e. The molecule has 19 heavy (non-hydrogen) atoms. The van der Waals surface area contributed by atoms with Crippen molar-refractivity contribution in [2.45, 2.75) is 6.92 Å². The van der Waals surface area contributed by atoms with Crippen molar-refractivity contribution in [3.8, 4) is 11.3 Å². The van der Waals surface area contributed by atoms with Gasteiger partial charge in [0.05, 0.1) is 15.5 Å². The van der Waals surface area contributed by atoms with Crippen LogP contribution >= 0.6 is 11.3 Å². The van der Waals surface area contributed by atoms with E-state index in [0.717, 1.165) is 0 Å². The third kappa shape index (κ3) is 2.60. The molecule has 1 heterocycles. The molecule has 0 bridgehead atoms. The van der Waals surface area contributed by atoms with Gasteiger partial charge in [0.1, 0.15) is 0 Å². The van der Waals surface area contributed by atoms with Crippen LogP contribution in [0.2, 0.25) is 0 Å². The van der Waals surface area contributed by atoms with E-state index in [0.29, 0.717) is 21.3 Å². The number of aromatic nitrogens is 1. The lowest BCUT2D eigenvalue weighted by molar-refractivity contribution is -0.384. The lowest BCUT2D eigenvalue weighted by Crippen LogP contribution is -1.93. The minimum absolute atomic E-state index is 0.0222. The van der Waals surface area contributed by atoms with Crippen LogP contribution in [0, 0.1) is 10.1 Å². The average Bonchev–Trinajstić information content (AvgIpc) is 2.83. The van der Waals surface area contributed by atoms with Gasteiger partial charge in [-0.2, -0.15) is 0 Å². The Morgan fingerprint density at radius 2 is 2.21 bits per heavy atom. The molecule has 0 unspecified atom stereocenters. The zero-order valence-corrected chi connectivity index (χ0v) is 11.2. The Bertz CT molecular complexity index is 651. The van der Waals surface area contributed by atoms with Gasteiger partial charge in [0, 0.05) is 31.7 Å². The fraction of sp³-hybridized carbons (Fsp3) is 0.167. The topological polar surface area (TPSA) is 85.1 Å². The van der Waals surface area contributed by atoms with E-state index in [1.807, 2.05) is 0 Å². The van der Waals surface area contributed by atoms with Gasteiger partial charge in [-0.15, -0.1) is 0 Å². The Morgan fingerprint density at radius 1 is 1.47 bits per heavy atom. The molecule has 0 aliphatic heterocycles. The van der Waals surface area contributed by atoms with E-state index in [1.165, 1.54) is 30.4 Å². The SMILES string of the molecule is CNc1nc(-c2cccc([N+](=O)[O-])c2)c(C(C)=O)s1. The predicted molar refractivity (Wildman–Crippen MR) is 73.8 cm³/mol. The van der Waals surface area contributed by atoms with Gasteiger partial charge in [-0.05, 0) is 0 Å². The first-order valence-electron chi connectivity index (χ1n) is 5.47. The van der Waals surface area contributed by atoms with Gasteiger partial charge >= 0.3 is 0 Å². The van der Waals surface area contributed by atoms with Crippen molar-refractivity contribution in [3.63, 3.8) is 0 Å². The van der Waals surface area contributed by atoms with E-state index >= 15 is 0 Å². The van der Waals surface area contributed by atoms with Gasteiger partial charge in [0.2, 0.25) is 0 Å². The quantitative estimate of drug-likeness (QED) is 0.527. The molecule has 0 radical (unpaired) electrons. The molecule has 0 fully saturated rings. The van der Waals surface area contributed by atoms with Gasteiger partial charge in [0.25, 0.3) is 5.69 Å². The number of rotatable bonds is 4. The number of carbonyl (C=O) groups excluding carboxylic acids is 1. The number of thiazole rings is 1. The van der Waals surface area contributed by atoms with Crippen LogP contribution in [0.3, 0.4) is 0 Å².